The summed E-state index contributed by atoms with van der Waals surface area (Å²) in [6.07, 6.45) is 0. The fourth-order valence-corrected chi connectivity index (χ4v) is 2.52. The van der Waals surface area contributed by atoms with Gasteiger partial charge < -0.3 is 5.32 Å². The Morgan fingerprint density at radius 3 is 2.35 bits per heavy atom. The molecule has 23 heavy (non-hydrogen) atoms. The van der Waals surface area contributed by atoms with Crippen LogP contribution in [0.3, 0.4) is 0 Å². The molecule has 1 atom stereocenters. The second-order valence-electron chi connectivity index (χ2n) is 5.53. The van der Waals surface area contributed by atoms with Gasteiger partial charge in [0.05, 0.1) is 18.2 Å². The number of amides is 3. The van der Waals surface area contributed by atoms with Gasteiger partial charge in [-0.15, -0.1) is 0 Å². The molecule has 1 unspecified atom stereocenters. The molecule has 2 aromatic carbocycles. The highest BCUT2D eigenvalue weighted by molar-refractivity contribution is 6.04. The van der Waals surface area contributed by atoms with Gasteiger partial charge in [-0.2, -0.15) is 5.26 Å². The molecule has 1 N–H and O–H groups in total. The number of nitriles is 1. The van der Waals surface area contributed by atoms with Crippen molar-refractivity contribution in [3.8, 4) is 6.07 Å². The second kappa shape index (κ2) is 5.93. The van der Waals surface area contributed by atoms with Crippen LogP contribution in [0, 0.1) is 18.3 Å². The molecule has 1 heterocycles. The summed E-state index contributed by atoms with van der Waals surface area (Å²) in [6, 6.07) is 15.4. The van der Waals surface area contributed by atoms with Crippen LogP contribution in [0.5, 0.6) is 0 Å². The Hall–Kier alpha value is -3.13. The topological polar surface area (TPSA) is 73.2 Å². The van der Waals surface area contributed by atoms with Gasteiger partial charge in [-0.3, -0.25) is 9.69 Å². The molecule has 0 saturated carbocycles. The number of imide groups is 1. The van der Waals surface area contributed by atoms with Gasteiger partial charge in [-0.05, 0) is 30.2 Å². The molecular weight excluding hydrogens is 290 g/mol. The van der Waals surface area contributed by atoms with E-state index in [4.69, 9.17) is 5.26 Å². The molecule has 114 valence electrons. The molecule has 1 aliphatic heterocycles. The number of hydrogen-bond acceptors (Lipinski definition) is 3. The summed E-state index contributed by atoms with van der Waals surface area (Å²) in [5, 5.41) is 11.5. The van der Waals surface area contributed by atoms with E-state index in [0.29, 0.717) is 5.56 Å². The summed E-state index contributed by atoms with van der Waals surface area (Å²) in [4.78, 5) is 25.8. The maximum atomic E-state index is 12.5. The summed E-state index contributed by atoms with van der Waals surface area (Å²) >= 11 is 0. The highest BCUT2D eigenvalue weighted by Gasteiger charge is 2.38. The molecule has 5 nitrogen and oxygen atoms in total. The van der Waals surface area contributed by atoms with Crippen LogP contribution in [0.2, 0.25) is 0 Å². The first-order valence-corrected chi connectivity index (χ1v) is 7.26. The monoisotopic (exact) mass is 305 g/mol. The van der Waals surface area contributed by atoms with Crippen LogP contribution in [0.15, 0.2) is 48.5 Å². The van der Waals surface area contributed by atoms with E-state index in [0.717, 1.165) is 16.7 Å². The van der Waals surface area contributed by atoms with Crippen molar-refractivity contribution in [3.05, 3.63) is 70.8 Å². The summed E-state index contributed by atoms with van der Waals surface area (Å²) in [5.41, 5.74) is 3.22. The van der Waals surface area contributed by atoms with Crippen molar-refractivity contribution in [2.75, 3.05) is 0 Å². The number of aryl methyl sites for hydroxylation is 1. The summed E-state index contributed by atoms with van der Waals surface area (Å²) in [7, 11) is 0. The minimum Gasteiger partial charge on any atom is -0.322 e. The number of nitrogens with zero attached hydrogens (tertiary/aromatic N) is 2. The van der Waals surface area contributed by atoms with Crippen LogP contribution < -0.4 is 5.32 Å². The lowest BCUT2D eigenvalue weighted by Gasteiger charge is -2.13. The Kier molecular flexibility index (Phi) is 3.82. The highest BCUT2D eigenvalue weighted by atomic mass is 16.2. The van der Waals surface area contributed by atoms with Gasteiger partial charge in [-0.25, -0.2) is 4.79 Å². The van der Waals surface area contributed by atoms with E-state index in [2.05, 4.69) is 5.32 Å². The van der Waals surface area contributed by atoms with Gasteiger partial charge in [0.1, 0.15) is 6.04 Å². The zero-order valence-electron chi connectivity index (χ0n) is 12.6. The number of hydrogen-bond donors (Lipinski definition) is 1. The third-order valence-electron chi connectivity index (χ3n) is 3.86. The van der Waals surface area contributed by atoms with Crippen molar-refractivity contribution in [3.63, 3.8) is 0 Å². The third-order valence-corrected chi connectivity index (χ3v) is 3.86. The second-order valence-corrected chi connectivity index (χ2v) is 5.53. The molecule has 2 aromatic rings. The number of carbonyl (C=O) groups is 2. The van der Waals surface area contributed by atoms with E-state index in [9.17, 15) is 9.59 Å². The first-order valence-electron chi connectivity index (χ1n) is 7.26. The number of rotatable bonds is 3. The molecule has 0 radical (unpaired) electrons. The van der Waals surface area contributed by atoms with Crippen LogP contribution in [0.25, 0.3) is 0 Å². The molecule has 0 spiro atoms. The average Bonchev–Trinajstić information content (AvgIpc) is 2.84. The lowest BCUT2D eigenvalue weighted by molar-refractivity contribution is -0.128. The van der Waals surface area contributed by atoms with Gasteiger partial charge in [0.15, 0.2) is 0 Å². The number of nitrogens with one attached hydrogen (secondary N) is 1. The minimum absolute atomic E-state index is 0.193. The molecule has 0 aliphatic carbocycles. The Balaban J connectivity index is 1.78. The third kappa shape index (κ3) is 2.92. The normalized spacial score (nSPS) is 17.0. The average molecular weight is 305 g/mol. The van der Waals surface area contributed by atoms with Crippen molar-refractivity contribution in [2.24, 2.45) is 0 Å². The lowest BCUT2D eigenvalue weighted by atomic mass is 10.1. The van der Waals surface area contributed by atoms with Gasteiger partial charge in [0.25, 0.3) is 5.91 Å². The molecule has 1 aliphatic rings. The van der Waals surface area contributed by atoms with E-state index in [-0.39, 0.29) is 12.5 Å². The Morgan fingerprint density at radius 1 is 1.09 bits per heavy atom. The number of urea groups is 1. The molecule has 0 aromatic heterocycles. The highest BCUT2D eigenvalue weighted by Crippen LogP contribution is 2.23. The number of benzene rings is 2. The first-order chi connectivity index (χ1) is 11.1. The molecule has 1 fully saturated rings. The SMILES string of the molecule is Cc1ccc(C2NC(=O)N(Cc3ccc(C#N)cc3)C2=O)cc1. The van der Waals surface area contributed by atoms with Crippen LogP contribution in [0.4, 0.5) is 4.79 Å². The molecule has 5 heteroatoms. The smallest absolute Gasteiger partial charge is 0.322 e. The van der Waals surface area contributed by atoms with Crippen molar-refractivity contribution >= 4 is 11.9 Å². The van der Waals surface area contributed by atoms with Gasteiger partial charge in [-0.1, -0.05) is 42.0 Å². The van der Waals surface area contributed by atoms with E-state index in [1.807, 2.05) is 37.3 Å². The zero-order chi connectivity index (χ0) is 16.4. The molecule has 3 amide bonds. The summed E-state index contributed by atoms with van der Waals surface area (Å²) < 4.78 is 0. The predicted molar refractivity (Wildman–Crippen MR) is 84.2 cm³/mol. The van der Waals surface area contributed by atoms with Crippen LogP contribution in [-0.4, -0.2) is 16.8 Å². The van der Waals surface area contributed by atoms with Crippen LogP contribution in [0.1, 0.15) is 28.3 Å². The van der Waals surface area contributed by atoms with E-state index in [1.54, 1.807) is 24.3 Å². The van der Waals surface area contributed by atoms with E-state index in [1.165, 1.54) is 4.90 Å². The molecule has 0 bridgehead atoms. The fourth-order valence-electron chi connectivity index (χ4n) is 2.52. The summed E-state index contributed by atoms with van der Waals surface area (Å²) in [5.74, 6) is -0.261. The van der Waals surface area contributed by atoms with Gasteiger partial charge >= 0.3 is 6.03 Å². The van der Waals surface area contributed by atoms with Crippen molar-refractivity contribution < 1.29 is 9.59 Å². The van der Waals surface area contributed by atoms with Crippen molar-refractivity contribution in [1.82, 2.24) is 10.2 Å². The Labute approximate surface area is 134 Å². The van der Waals surface area contributed by atoms with E-state index >= 15 is 0 Å². The molecular formula is C18H15N3O2. The van der Waals surface area contributed by atoms with Gasteiger partial charge in [0, 0.05) is 0 Å². The fraction of sp³-hybridized carbons (Fsp3) is 0.167. The maximum Gasteiger partial charge on any atom is 0.325 e. The largest absolute Gasteiger partial charge is 0.325 e. The quantitative estimate of drug-likeness (QED) is 0.886. The van der Waals surface area contributed by atoms with Gasteiger partial charge in [0.2, 0.25) is 0 Å². The minimum atomic E-state index is -0.638. The maximum absolute atomic E-state index is 12.5. The Bertz CT molecular complexity index is 789. The molecule has 1 saturated heterocycles. The predicted octanol–water partition coefficient (Wildman–Crippen LogP) is 2.66. The lowest BCUT2D eigenvalue weighted by Crippen LogP contribution is -2.30. The number of carbonyl (C=O) groups excluding carboxylic acids is 2. The standard InChI is InChI=1S/C18H15N3O2/c1-12-2-8-15(9-3-12)16-17(22)21(18(23)20-16)11-14-6-4-13(10-19)5-7-14/h2-9,16H,11H2,1H3,(H,20,23). The molecule has 3 rings (SSSR count). The Morgan fingerprint density at radius 2 is 1.74 bits per heavy atom. The zero-order valence-corrected chi connectivity index (χ0v) is 12.6. The van der Waals surface area contributed by atoms with Crippen LogP contribution >= 0.6 is 0 Å². The first kappa shape index (κ1) is 14.8. The summed E-state index contributed by atoms with van der Waals surface area (Å²) in [6.45, 7) is 2.16. The van der Waals surface area contributed by atoms with E-state index < -0.39 is 12.1 Å². The van der Waals surface area contributed by atoms with Crippen molar-refractivity contribution in [2.45, 2.75) is 19.5 Å². The van der Waals surface area contributed by atoms with Crippen molar-refractivity contribution in [1.29, 1.82) is 5.26 Å². The van der Waals surface area contributed by atoms with Crippen LogP contribution in [-0.2, 0) is 11.3 Å².